The first-order valence-electron chi connectivity index (χ1n) is 7.41. The van der Waals surface area contributed by atoms with Crippen molar-refractivity contribution >= 4 is 27.3 Å². The lowest BCUT2D eigenvalue weighted by atomic mass is 10.1. The maximum Gasteiger partial charge on any atom is 0.220 e. The molecule has 22 heavy (non-hydrogen) atoms. The van der Waals surface area contributed by atoms with Gasteiger partial charge >= 0.3 is 0 Å². The molecule has 1 aromatic rings. The van der Waals surface area contributed by atoms with E-state index in [2.05, 4.69) is 5.32 Å². The molecule has 0 bridgehead atoms. The van der Waals surface area contributed by atoms with Crippen molar-refractivity contribution in [3.8, 4) is 0 Å². The van der Waals surface area contributed by atoms with Crippen molar-refractivity contribution in [1.82, 2.24) is 5.32 Å². The van der Waals surface area contributed by atoms with E-state index in [4.69, 9.17) is 17.3 Å². The average molecular weight is 347 g/mol. The fourth-order valence-corrected chi connectivity index (χ4v) is 3.24. The van der Waals surface area contributed by atoms with Gasteiger partial charge in [0.05, 0.1) is 10.6 Å². The van der Waals surface area contributed by atoms with Crippen LogP contribution in [0.25, 0.3) is 0 Å². The fourth-order valence-electron chi connectivity index (χ4n) is 1.96. The maximum absolute atomic E-state index is 12.1. The first-order chi connectivity index (χ1) is 10.5. The van der Waals surface area contributed by atoms with E-state index in [0.29, 0.717) is 18.0 Å². The van der Waals surface area contributed by atoms with Crippen LogP contribution < -0.4 is 11.1 Å². The van der Waals surface area contributed by atoms with Crippen LogP contribution in [0.5, 0.6) is 0 Å². The Morgan fingerprint density at radius 2 is 1.73 bits per heavy atom. The van der Waals surface area contributed by atoms with Gasteiger partial charge in [-0.1, -0.05) is 24.4 Å². The summed E-state index contributed by atoms with van der Waals surface area (Å²) in [6.45, 7) is 0.793. The summed E-state index contributed by atoms with van der Waals surface area (Å²) in [6.07, 6.45) is 4.19. The van der Waals surface area contributed by atoms with Crippen molar-refractivity contribution in [3.63, 3.8) is 0 Å². The summed E-state index contributed by atoms with van der Waals surface area (Å²) < 4.78 is 24.1. The molecule has 1 aromatic carbocycles. The molecule has 5 nitrogen and oxygen atoms in total. The molecule has 0 atom stereocenters. The molecule has 0 heterocycles. The normalized spacial score (nSPS) is 11.4. The van der Waals surface area contributed by atoms with Gasteiger partial charge in [-0.05, 0) is 43.7 Å². The number of nitrogens with two attached hydrogens (primary N) is 1. The van der Waals surface area contributed by atoms with E-state index in [-0.39, 0.29) is 23.1 Å². The summed E-state index contributed by atoms with van der Waals surface area (Å²) in [5.41, 5.74) is 5.39. The van der Waals surface area contributed by atoms with Crippen molar-refractivity contribution in [2.45, 2.75) is 37.0 Å². The number of sulfone groups is 1. The van der Waals surface area contributed by atoms with Crippen LogP contribution in [-0.2, 0) is 14.6 Å². The smallest absolute Gasteiger partial charge is 0.220 e. The van der Waals surface area contributed by atoms with Gasteiger partial charge in [-0.3, -0.25) is 4.79 Å². The fraction of sp³-hybridized carbons (Fsp3) is 0.533. The van der Waals surface area contributed by atoms with Crippen LogP contribution in [0.15, 0.2) is 29.2 Å². The Morgan fingerprint density at radius 3 is 2.36 bits per heavy atom. The second-order valence-electron chi connectivity index (χ2n) is 5.08. The third-order valence-electron chi connectivity index (χ3n) is 3.22. The summed E-state index contributed by atoms with van der Waals surface area (Å²) in [5, 5.41) is 3.13. The van der Waals surface area contributed by atoms with Crippen LogP contribution in [0.3, 0.4) is 0 Å². The number of benzene rings is 1. The maximum atomic E-state index is 12.1. The molecule has 0 saturated heterocycles. The number of unbranched alkanes of at least 4 members (excludes halogenated alkanes) is 3. The number of carbonyl (C=O) groups excluding carboxylic acids is 1. The minimum Gasteiger partial charge on any atom is -0.355 e. The highest BCUT2D eigenvalue weighted by molar-refractivity contribution is 7.91. The topological polar surface area (TPSA) is 89.3 Å². The molecule has 3 N–H and O–H groups in total. The minimum atomic E-state index is -3.39. The molecule has 0 aliphatic heterocycles. The Hall–Kier alpha value is -1.11. The molecule has 1 rings (SSSR count). The Balaban J connectivity index is 2.28. The lowest BCUT2D eigenvalue weighted by Gasteiger charge is -2.07. The summed E-state index contributed by atoms with van der Waals surface area (Å²) in [4.78, 5) is 11.8. The van der Waals surface area contributed by atoms with Gasteiger partial charge in [0, 0.05) is 18.0 Å². The van der Waals surface area contributed by atoms with Gasteiger partial charge in [-0.15, -0.1) is 0 Å². The zero-order chi connectivity index (χ0) is 16.4. The highest BCUT2D eigenvalue weighted by atomic mass is 35.5. The lowest BCUT2D eigenvalue weighted by molar-refractivity contribution is -0.121. The third-order valence-corrected chi connectivity index (χ3v) is 5.21. The number of amides is 1. The number of rotatable bonds is 10. The third kappa shape index (κ3) is 7.24. The molecular formula is C15H23ClN2O3S. The number of nitrogens with one attached hydrogen (secondary N) is 1. The highest BCUT2D eigenvalue weighted by Gasteiger charge is 2.14. The van der Waals surface area contributed by atoms with Crippen molar-refractivity contribution < 1.29 is 13.2 Å². The minimum absolute atomic E-state index is 0.112. The van der Waals surface area contributed by atoms with Gasteiger partial charge in [-0.2, -0.15) is 0 Å². The molecular weight excluding hydrogens is 324 g/mol. The van der Waals surface area contributed by atoms with E-state index in [9.17, 15) is 13.2 Å². The van der Waals surface area contributed by atoms with Gasteiger partial charge in [0.25, 0.3) is 0 Å². The second kappa shape index (κ2) is 9.82. The first-order valence-corrected chi connectivity index (χ1v) is 9.44. The molecule has 0 radical (unpaired) electrons. The second-order valence-corrected chi connectivity index (χ2v) is 7.62. The highest BCUT2D eigenvalue weighted by Crippen LogP contribution is 2.15. The molecule has 0 aliphatic rings. The van der Waals surface area contributed by atoms with Crippen molar-refractivity contribution in [2.75, 3.05) is 18.8 Å². The molecule has 0 aromatic heterocycles. The van der Waals surface area contributed by atoms with Gasteiger partial charge in [0.1, 0.15) is 0 Å². The zero-order valence-electron chi connectivity index (χ0n) is 12.6. The van der Waals surface area contributed by atoms with E-state index in [1.165, 1.54) is 24.3 Å². The lowest BCUT2D eigenvalue weighted by Crippen LogP contribution is -2.28. The molecule has 0 saturated carbocycles. The van der Waals surface area contributed by atoms with E-state index < -0.39 is 9.84 Å². The van der Waals surface area contributed by atoms with Crippen molar-refractivity contribution in [2.24, 2.45) is 5.73 Å². The van der Waals surface area contributed by atoms with Gasteiger partial charge in [-0.25, -0.2) is 8.42 Å². The van der Waals surface area contributed by atoms with Crippen molar-refractivity contribution in [3.05, 3.63) is 29.3 Å². The van der Waals surface area contributed by atoms with E-state index in [0.717, 1.165) is 25.7 Å². The van der Waals surface area contributed by atoms with Crippen LogP contribution in [0.4, 0.5) is 0 Å². The Morgan fingerprint density at radius 1 is 1.09 bits per heavy atom. The van der Waals surface area contributed by atoms with Crippen LogP contribution >= 0.6 is 11.6 Å². The van der Waals surface area contributed by atoms with Gasteiger partial charge < -0.3 is 11.1 Å². The molecule has 1 amide bonds. The molecule has 0 fully saturated rings. The quantitative estimate of drug-likeness (QED) is 0.635. The molecule has 7 heteroatoms. The molecule has 124 valence electrons. The standard InChI is InChI=1S/C15H23ClN2O3S/c16-13-6-8-14(9-7-13)22(20,21)12-11-18-15(19)5-3-1-2-4-10-17/h6-9H,1-5,10-12,17H2,(H,18,19). The molecule has 0 aliphatic carbocycles. The number of carbonyl (C=O) groups is 1. The van der Waals surface area contributed by atoms with Crippen LogP contribution in [0, 0.1) is 0 Å². The monoisotopic (exact) mass is 346 g/mol. The summed E-state index contributed by atoms with van der Waals surface area (Å²) in [5.74, 6) is -0.230. The van der Waals surface area contributed by atoms with Crippen LogP contribution in [0.2, 0.25) is 5.02 Å². The Bertz CT molecular complexity index is 559. The predicted octanol–water partition coefficient (Wildman–Crippen LogP) is 2.14. The van der Waals surface area contributed by atoms with Crippen molar-refractivity contribution in [1.29, 1.82) is 0 Å². The number of hydrogen-bond donors (Lipinski definition) is 2. The summed E-state index contributed by atoms with van der Waals surface area (Å²) >= 11 is 5.73. The average Bonchev–Trinajstić information content (AvgIpc) is 2.47. The molecule has 0 spiro atoms. The number of halogens is 1. The van der Waals surface area contributed by atoms with E-state index in [1.807, 2.05) is 0 Å². The van der Waals surface area contributed by atoms with Gasteiger partial charge in [0.15, 0.2) is 9.84 Å². The van der Waals surface area contributed by atoms with Gasteiger partial charge in [0.2, 0.25) is 5.91 Å². The predicted molar refractivity (Wildman–Crippen MR) is 88.7 cm³/mol. The van der Waals surface area contributed by atoms with E-state index >= 15 is 0 Å². The van der Waals surface area contributed by atoms with Crippen LogP contribution in [-0.4, -0.2) is 33.2 Å². The Kier molecular flexibility index (Phi) is 8.45. The van der Waals surface area contributed by atoms with Crippen LogP contribution in [0.1, 0.15) is 32.1 Å². The zero-order valence-corrected chi connectivity index (χ0v) is 14.1. The largest absolute Gasteiger partial charge is 0.355 e. The SMILES string of the molecule is NCCCCCCC(=O)NCCS(=O)(=O)c1ccc(Cl)cc1. The number of hydrogen-bond acceptors (Lipinski definition) is 4. The summed E-state index contributed by atoms with van der Waals surface area (Å²) in [7, 11) is -3.39. The molecule has 0 unspecified atom stereocenters. The Labute approximate surface area is 137 Å². The van der Waals surface area contributed by atoms with E-state index in [1.54, 1.807) is 0 Å². The summed E-state index contributed by atoms with van der Waals surface area (Å²) in [6, 6.07) is 6.01. The first kappa shape index (κ1) is 18.9.